The van der Waals surface area contributed by atoms with Crippen LogP contribution in [0.15, 0.2) is 18.2 Å². The molecule has 3 nitrogen and oxygen atoms in total. The molecule has 0 heterocycles. The van der Waals surface area contributed by atoms with Crippen molar-refractivity contribution in [1.82, 2.24) is 5.32 Å². The summed E-state index contributed by atoms with van der Waals surface area (Å²) >= 11 is 0. The molecule has 2 N–H and O–H groups in total. The summed E-state index contributed by atoms with van der Waals surface area (Å²) in [6.45, 7) is 2.87. The fraction of sp³-hybridized carbons (Fsp3) is 0.588. The normalized spacial score (nSPS) is 18.1. The van der Waals surface area contributed by atoms with E-state index in [9.17, 15) is 4.79 Å². The first-order chi connectivity index (χ1) is 9.69. The lowest BCUT2D eigenvalue weighted by molar-refractivity contribution is 0.0944. The third-order valence-corrected chi connectivity index (χ3v) is 4.64. The number of aryl methyl sites for hydroxylation is 1. The Bertz CT molecular complexity index is 492. The molecule has 1 amide bonds. The first kappa shape index (κ1) is 13.5. The van der Waals surface area contributed by atoms with Crippen LogP contribution in [0.25, 0.3) is 0 Å². The third kappa shape index (κ3) is 2.97. The number of nitrogens with one attached hydrogen (secondary N) is 2. The number of benzene rings is 1. The summed E-state index contributed by atoms with van der Waals surface area (Å²) in [5, 5.41) is 6.27. The lowest BCUT2D eigenvalue weighted by Gasteiger charge is -2.17. The number of carbonyl (C=O) groups excluding carboxylic acids is 1. The van der Waals surface area contributed by atoms with E-state index >= 15 is 0 Å². The van der Waals surface area contributed by atoms with Gasteiger partial charge in [0.15, 0.2) is 0 Å². The van der Waals surface area contributed by atoms with Crippen molar-refractivity contribution in [3.8, 4) is 0 Å². The first-order valence-electron chi connectivity index (χ1n) is 7.75. The highest BCUT2D eigenvalue weighted by molar-refractivity contribution is 5.99. The van der Waals surface area contributed by atoms with Gasteiger partial charge in [-0.1, -0.05) is 11.6 Å². The molecule has 0 bridgehead atoms. The molecule has 0 aliphatic heterocycles. The molecule has 0 aromatic heterocycles. The van der Waals surface area contributed by atoms with Crippen LogP contribution in [0.1, 0.15) is 41.6 Å². The summed E-state index contributed by atoms with van der Waals surface area (Å²) in [7, 11) is 1.86. The van der Waals surface area contributed by atoms with Gasteiger partial charge in [0.25, 0.3) is 5.91 Å². The topological polar surface area (TPSA) is 41.1 Å². The maximum Gasteiger partial charge on any atom is 0.253 e. The van der Waals surface area contributed by atoms with E-state index in [0.29, 0.717) is 0 Å². The second-order valence-electron chi connectivity index (χ2n) is 6.35. The van der Waals surface area contributed by atoms with Gasteiger partial charge in [0.2, 0.25) is 0 Å². The van der Waals surface area contributed by atoms with Crippen LogP contribution in [0.5, 0.6) is 0 Å². The Morgan fingerprint density at radius 3 is 2.45 bits per heavy atom. The Hall–Kier alpha value is -1.51. The van der Waals surface area contributed by atoms with Crippen molar-refractivity contribution in [3.05, 3.63) is 29.3 Å². The molecule has 2 saturated carbocycles. The van der Waals surface area contributed by atoms with E-state index in [1.807, 2.05) is 32.2 Å². The van der Waals surface area contributed by atoms with Gasteiger partial charge in [0.05, 0.1) is 5.56 Å². The molecule has 3 heteroatoms. The minimum atomic E-state index is 0.0596. The van der Waals surface area contributed by atoms with Gasteiger partial charge in [0.1, 0.15) is 0 Å². The van der Waals surface area contributed by atoms with Gasteiger partial charge >= 0.3 is 0 Å². The Morgan fingerprint density at radius 1 is 1.25 bits per heavy atom. The molecule has 1 aromatic carbocycles. The van der Waals surface area contributed by atoms with Crippen LogP contribution in [-0.4, -0.2) is 19.5 Å². The molecule has 0 unspecified atom stereocenters. The molecule has 0 spiro atoms. The van der Waals surface area contributed by atoms with Gasteiger partial charge in [-0.3, -0.25) is 4.79 Å². The smallest absolute Gasteiger partial charge is 0.253 e. The highest BCUT2D eigenvalue weighted by Crippen LogP contribution is 2.48. The molecule has 0 radical (unpaired) electrons. The first-order valence-corrected chi connectivity index (χ1v) is 7.75. The molecular weight excluding hydrogens is 248 g/mol. The number of hydrogen-bond donors (Lipinski definition) is 2. The molecule has 0 atom stereocenters. The van der Waals surface area contributed by atoms with Gasteiger partial charge in [-0.2, -0.15) is 0 Å². The lowest BCUT2D eigenvalue weighted by atomic mass is 9.97. The van der Waals surface area contributed by atoms with Crippen molar-refractivity contribution in [1.29, 1.82) is 0 Å². The van der Waals surface area contributed by atoms with Gasteiger partial charge < -0.3 is 10.6 Å². The SMILES string of the molecule is CNc1ccc(C)cc1C(=O)NCC(C1CC1)C1CC1. The summed E-state index contributed by atoms with van der Waals surface area (Å²) < 4.78 is 0. The molecule has 2 aliphatic rings. The molecule has 20 heavy (non-hydrogen) atoms. The van der Waals surface area contributed by atoms with Crippen LogP contribution < -0.4 is 10.6 Å². The predicted octanol–water partition coefficient (Wildman–Crippen LogP) is 3.20. The Morgan fingerprint density at radius 2 is 1.90 bits per heavy atom. The average molecular weight is 272 g/mol. The predicted molar refractivity (Wildman–Crippen MR) is 82.0 cm³/mol. The van der Waals surface area contributed by atoms with Crippen LogP contribution in [-0.2, 0) is 0 Å². The van der Waals surface area contributed by atoms with Crippen LogP contribution in [0, 0.1) is 24.7 Å². The number of hydrogen-bond acceptors (Lipinski definition) is 2. The van der Waals surface area contributed by atoms with Crippen LogP contribution in [0.2, 0.25) is 0 Å². The van der Waals surface area contributed by atoms with E-state index in [-0.39, 0.29) is 5.91 Å². The summed E-state index contributed by atoms with van der Waals surface area (Å²) in [6, 6.07) is 5.97. The zero-order valence-electron chi connectivity index (χ0n) is 12.4. The molecule has 2 fully saturated rings. The van der Waals surface area contributed by atoms with Crippen molar-refractivity contribution in [2.75, 3.05) is 18.9 Å². The van der Waals surface area contributed by atoms with Crippen molar-refractivity contribution in [2.24, 2.45) is 17.8 Å². The fourth-order valence-electron chi connectivity index (χ4n) is 3.14. The second-order valence-corrected chi connectivity index (χ2v) is 6.35. The van der Waals surface area contributed by atoms with Crippen LogP contribution in [0.4, 0.5) is 5.69 Å². The van der Waals surface area contributed by atoms with Gasteiger partial charge in [-0.05, 0) is 62.5 Å². The Labute approximate surface area is 121 Å². The van der Waals surface area contributed by atoms with E-state index in [4.69, 9.17) is 0 Å². The Kier molecular flexibility index (Phi) is 3.68. The van der Waals surface area contributed by atoms with Crippen molar-refractivity contribution < 1.29 is 4.79 Å². The minimum Gasteiger partial charge on any atom is -0.387 e. The molecule has 2 aliphatic carbocycles. The zero-order valence-corrected chi connectivity index (χ0v) is 12.4. The average Bonchev–Trinajstić information content (AvgIpc) is 3.31. The van der Waals surface area contributed by atoms with E-state index in [1.54, 1.807) is 0 Å². The lowest BCUT2D eigenvalue weighted by Crippen LogP contribution is -2.31. The number of carbonyl (C=O) groups is 1. The standard InChI is InChI=1S/C17H24N2O/c1-11-3-8-16(18-2)14(9-11)17(20)19-10-15(12-4-5-12)13-6-7-13/h3,8-9,12-13,15,18H,4-7,10H2,1-2H3,(H,19,20). The number of anilines is 1. The van der Waals surface area contributed by atoms with Crippen molar-refractivity contribution in [2.45, 2.75) is 32.6 Å². The van der Waals surface area contributed by atoms with Gasteiger partial charge in [-0.15, -0.1) is 0 Å². The van der Waals surface area contributed by atoms with Gasteiger partial charge in [-0.25, -0.2) is 0 Å². The molecule has 108 valence electrons. The number of rotatable bonds is 6. The van der Waals surface area contributed by atoms with Crippen molar-refractivity contribution >= 4 is 11.6 Å². The highest BCUT2D eigenvalue weighted by Gasteiger charge is 2.41. The maximum atomic E-state index is 12.4. The van der Waals surface area contributed by atoms with E-state index in [0.717, 1.165) is 41.1 Å². The molecular formula is C17H24N2O. The third-order valence-electron chi connectivity index (χ3n) is 4.64. The maximum absolute atomic E-state index is 12.4. The molecule has 3 rings (SSSR count). The quantitative estimate of drug-likeness (QED) is 0.835. The van der Waals surface area contributed by atoms with Crippen molar-refractivity contribution in [3.63, 3.8) is 0 Å². The summed E-state index contributed by atoms with van der Waals surface area (Å²) in [4.78, 5) is 12.4. The van der Waals surface area contributed by atoms with E-state index in [1.165, 1.54) is 25.7 Å². The Balaban J connectivity index is 1.64. The summed E-state index contributed by atoms with van der Waals surface area (Å²) in [5.74, 6) is 2.54. The second kappa shape index (κ2) is 5.47. The van der Waals surface area contributed by atoms with E-state index in [2.05, 4.69) is 10.6 Å². The highest BCUT2D eigenvalue weighted by atomic mass is 16.1. The summed E-state index contributed by atoms with van der Waals surface area (Å²) in [6.07, 6.45) is 5.46. The van der Waals surface area contributed by atoms with Crippen LogP contribution in [0.3, 0.4) is 0 Å². The zero-order chi connectivity index (χ0) is 14.1. The van der Waals surface area contributed by atoms with Gasteiger partial charge in [0, 0.05) is 19.3 Å². The van der Waals surface area contributed by atoms with E-state index < -0.39 is 0 Å². The van der Waals surface area contributed by atoms with Crippen LogP contribution >= 0.6 is 0 Å². The largest absolute Gasteiger partial charge is 0.387 e. The number of amides is 1. The monoisotopic (exact) mass is 272 g/mol. The molecule has 1 aromatic rings. The fourth-order valence-corrected chi connectivity index (χ4v) is 3.14. The summed E-state index contributed by atoms with van der Waals surface area (Å²) in [5.41, 5.74) is 2.79. The molecule has 0 saturated heterocycles. The minimum absolute atomic E-state index is 0.0596.